The summed E-state index contributed by atoms with van der Waals surface area (Å²) in [5.74, 6) is -0.132. The van der Waals surface area contributed by atoms with Gasteiger partial charge in [-0.25, -0.2) is 0 Å². The van der Waals surface area contributed by atoms with Crippen molar-refractivity contribution in [3.8, 4) is 0 Å². The Balaban J connectivity index is 2.42. The van der Waals surface area contributed by atoms with Crippen LogP contribution in [0.1, 0.15) is 31.4 Å². The topological polar surface area (TPSA) is 52.3 Å². The van der Waals surface area contributed by atoms with E-state index in [1.807, 2.05) is 13.8 Å². The Labute approximate surface area is 103 Å². The Morgan fingerprint density at radius 3 is 2.41 bits per heavy atom. The van der Waals surface area contributed by atoms with Crippen LogP contribution in [0, 0.1) is 0 Å². The molecule has 1 atom stereocenters. The maximum Gasteiger partial charge on any atom is 0.306 e. The third-order valence-corrected chi connectivity index (χ3v) is 2.50. The first-order valence-corrected chi connectivity index (χ1v) is 6.10. The van der Waals surface area contributed by atoms with Crippen molar-refractivity contribution in [2.75, 3.05) is 6.61 Å². The first-order valence-electron chi connectivity index (χ1n) is 6.10. The Kier molecular flexibility index (Phi) is 5.70. The Bertz CT molecular complexity index is 344. The van der Waals surface area contributed by atoms with Crippen molar-refractivity contribution in [2.24, 2.45) is 5.73 Å². The van der Waals surface area contributed by atoms with Gasteiger partial charge in [-0.3, -0.25) is 4.79 Å². The van der Waals surface area contributed by atoms with Gasteiger partial charge in [0.1, 0.15) is 0 Å². The maximum absolute atomic E-state index is 11.2. The normalized spacial score (nSPS) is 12.2. The molecule has 0 spiro atoms. The van der Waals surface area contributed by atoms with E-state index in [1.165, 1.54) is 5.56 Å². The van der Waals surface area contributed by atoms with Gasteiger partial charge in [0.2, 0.25) is 0 Å². The molecule has 0 aromatic heterocycles. The minimum atomic E-state index is -0.132. The van der Waals surface area contributed by atoms with Crippen LogP contribution >= 0.6 is 0 Å². The van der Waals surface area contributed by atoms with E-state index in [0.29, 0.717) is 13.0 Å². The average molecular weight is 235 g/mol. The van der Waals surface area contributed by atoms with Gasteiger partial charge in [-0.1, -0.05) is 24.3 Å². The molecular formula is C14H21NO2. The fourth-order valence-electron chi connectivity index (χ4n) is 1.69. The number of aryl methyl sites for hydroxylation is 1. The molecule has 1 aromatic rings. The molecule has 0 saturated carbocycles. The smallest absolute Gasteiger partial charge is 0.306 e. The molecule has 94 valence electrons. The third kappa shape index (κ3) is 5.50. The summed E-state index contributed by atoms with van der Waals surface area (Å²) in [4.78, 5) is 11.2. The van der Waals surface area contributed by atoms with Crippen LogP contribution in [0.15, 0.2) is 24.3 Å². The second-order valence-electron chi connectivity index (χ2n) is 4.30. The lowest BCUT2D eigenvalue weighted by Crippen LogP contribution is -2.17. The summed E-state index contributed by atoms with van der Waals surface area (Å²) < 4.78 is 4.88. The van der Waals surface area contributed by atoms with Crippen molar-refractivity contribution in [1.82, 2.24) is 0 Å². The molecule has 3 heteroatoms. The summed E-state index contributed by atoms with van der Waals surface area (Å²) in [6, 6.07) is 8.43. The van der Waals surface area contributed by atoms with Gasteiger partial charge in [0, 0.05) is 12.5 Å². The van der Waals surface area contributed by atoms with Crippen molar-refractivity contribution in [2.45, 2.75) is 39.2 Å². The summed E-state index contributed by atoms with van der Waals surface area (Å²) in [6.07, 6.45) is 2.07. The summed E-state index contributed by atoms with van der Waals surface area (Å²) in [7, 11) is 0. The molecule has 1 rings (SSSR count). The van der Waals surface area contributed by atoms with Gasteiger partial charge < -0.3 is 10.5 Å². The van der Waals surface area contributed by atoms with E-state index < -0.39 is 0 Å². The number of rotatable bonds is 6. The van der Waals surface area contributed by atoms with Crippen molar-refractivity contribution >= 4 is 5.97 Å². The first kappa shape index (κ1) is 13.7. The molecular weight excluding hydrogens is 214 g/mol. The van der Waals surface area contributed by atoms with E-state index >= 15 is 0 Å². The molecule has 0 aliphatic heterocycles. The van der Waals surface area contributed by atoms with Gasteiger partial charge in [0.25, 0.3) is 0 Å². The summed E-state index contributed by atoms with van der Waals surface area (Å²) >= 11 is 0. The molecule has 0 bridgehead atoms. The molecule has 1 aromatic carbocycles. The molecule has 0 heterocycles. The van der Waals surface area contributed by atoms with Crippen molar-refractivity contribution < 1.29 is 9.53 Å². The van der Waals surface area contributed by atoms with E-state index in [0.717, 1.165) is 18.4 Å². The highest BCUT2D eigenvalue weighted by molar-refractivity contribution is 5.69. The molecule has 0 amide bonds. The number of carbonyl (C=O) groups excluding carboxylic acids is 1. The monoisotopic (exact) mass is 235 g/mol. The molecule has 0 aliphatic rings. The van der Waals surface area contributed by atoms with Gasteiger partial charge >= 0.3 is 5.97 Å². The second-order valence-corrected chi connectivity index (χ2v) is 4.30. The molecule has 0 saturated heterocycles. The summed E-state index contributed by atoms with van der Waals surface area (Å²) in [6.45, 7) is 4.27. The van der Waals surface area contributed by atoms with Gasteiger partial charge in [0.15, 0.2) is 0 Å². The average Bonchev–Trinajstić information content (AvgIpc) is 2.28. The van der Waals surface area contributed by atoms with Crippen molar-refractivity contribution in [1.29, 1.82) is 0 Å². The zero-order valence-corrected chi connectivity index (χ0v) is 10.6. The highest BCUT2D eigenvalue weighted by atomic mass is 16.5. The molecule has 1 unspecified atom stereocenters. The van der Waals surface area contributed by atoms with Crippen LogP contribution in [0.5, 0.6) is 0 Å². The molecule has 0 radical (unpaired) electrons. The largest absolute Gasteiger partial charge is 0.466 e. The maximum atomic E-state index is 11.2. The predicted octanol–water partition coefficient (Wildman–Crippen LogP) is 2.07. The highest BCUT2D eigenvalue weighted by Gasteiger charge is 2.03. The summed E-state index contributed by atoms with van der Waals surface area (Å²) in [5.41, 5.74) is 8.13. The number of nitrogens with two attached hydrogens (primary N) is 1. The number of hydrogen-bond acceptors (Lipinski definition) is 3. The van der Waals surface area contributed by atoms with Gasteiger partial charge in [0.05, 0.1) is 6.61 Å². The predicted molar refractivity (Wildman–Crippen MR) is 68.7 cm³/mol. The zero-order valence-electron chi connectivity index (χ0n) is 10.6. The molecule has 17 heavy (non-hydrogen) atoms. The number of hydrogen-bond donors (Lipinski definition) is 1. The van der Waals surface area contributed by atoms with Crippen LogP contribution < -0.4 is 5.73 Å². The number of esters is 1. The van der Waals surface area contributed by atoms with Crippen LogP contribution in [0.2, 0.25) is 0 Å². The zero-order chi connectivity index (χ0) is 12.7. The molecule has 3 nitrogen and oxygen atoms in total. The minimum absolute atomic E-state index is 0.132. The lowest BCUT2D eigenvalue weighted by atomic mass is 10.0. The fraction of sp³-hybridized carbons (Fsp3) is 0.500. The lowest BCUT2D eigenvalue weighted by Gasteiger charge is -2.06. The van der Waals surface area contributed by atoms with Crippen LogP contribution in [0.3, 0.4) is 0 Å². The first-order chi connectivity index (χ1) is 8.11. The van der Waals surface area contributed by atoms with Crippen molar-refractivity contribution in [3.63, 3.8) is 0 Å². The lowest BCUT2D eigenvalue weighted by molar-refractivity contribution is -0.143. The Hall–Kier alpha value is -1.35. The summed E-state index contributed by atoms with van der Waals surface area (Å²) in [5, 5.41) is 0. The second kappa shape index (κ2) is 7.07. The van der Waals surface area contributed by atoms with E-state index in [4.69, 9.17) is 10.5 Å². The van der Waals surface area contributed by atoms with Crippen molar-refractivity contribution in [3.05, 3.63) is 35.4 Å². The standard InChI is InChI=1S/C14H21NO2/c1-3-17-14(16)9-8-12-4-6-13(7-5-12)10-11(2)15/h4-7,11H,3,8-10,15H2,1-2H3. The SMILES string of the molecule is CCOC(=O)CCc1ccc(CC(C)N)cc1. The van der Waals surface area contributed by atoms with Crippen LogP contribution in [-0.4, -0.2) is 18.6 Å². The quantitative estimate of drug-likeness (QED) is 0.768. The number of carbonyl (C=O) groups is 1. The Morgan fingerprint density at radius 1 is 1.29 bits per heavy atom. The van der Waals surface area contributed by atoms with E-state index in [2.05, 4.69) is 24.3 Å². The van der Waals surface area contributed by atoms with Crippen LogP contribution in [0.4, 0.5) is 0 Å². The molecule has 2 N–H and O–H groups in total. The third-order valence-electron chi connectivity index (χ3n) is 2.50. The fourth-order valence-corrected chi connectivity index (χ4v) is 1.69. The number of benzene rings is 1. The van der Waals surface area contributed by atoms with Crippen LogP contribution in [0.25, 0.3) is 0 Å². The van der Waals surface area contributed by atoms with E-state index in [9.17, 15) is 4.79 Å². The van der Waals surface area contributed by atoms with Gasteiger partial charge in [-0.2, -0.15) is 0 Å². The highest BCUT2D eigenvalue weighted by Crippen LogP contribution is 2.08. The van der Waals surface area contributed by atoms with Gasteiger partial charge in [-0.05, 0) is 37.8 Å². The molecule has 0 fully saturated rings. The van der Waals surface area contributed by atoms with E-state index in [-0.39, 0.29) is 12.0 Å². The minimum Gasteiger partial charge on any atom is -0.466 e. The van der Waals surface area contributed by atoms with Gasteiger partial charge in [-0.15, -0.1) is 0 Å². The number of ether oxygens (including phenoxy) is 1. The van der Waals surface area contributed by atoms with Crippen LogP contribution in [-0.2, 0) is 22.4 Å². The molecule has 0 aliphatic carbocycles. The van der Waals surface area contributed by atoms with E-state index in [1.54, 1.807) is 0 Å². The Morgan fingerprint density at radius 2 is 1.88 bits per heavy atom.